The van der Waals surface area contributed by atoms with Gasteiger partial charge in [0.25, 0.3) is 0 Å². The lowest BCUT2D eigenvalue weighted by Gasteiger charge is -2.09. The fourth-order valence-corrected chi connectivity index (χ4v) is 1.13. The SMILES string of the molecule is CC(C)COc1cc(Cl)ccc1C#N. The Balaban J connectivity index is 2.84. The van der Waals surface area contributed by atoms with Crippen molar-refractivity contribution in [1.29, 1.82) is 5.26 Å². The Hall–Kier alpha value is -1.20. The van der Waals surface area contributed by atoms with E-state index in [1.165, 1.54) is 0 Å². The van der Waals surface area contributed by atoms with Crippen molar-refractivity contribution in [3.05, 3.63) is 28.8 Å². The van der Waals surface area contributed by atoms with Gasteiger partial charge in [-0.2, -0.15) is 5.26 Å². The molecule has 14 heavy (non-hydrogen) atoms. The molecule has 1 rings (SSSR count). The predicted octanol–water partition coefficient (Wildman–Crippen LogP) is 3.25. The first-order valence-electron chi connectivity index (χ1n) is 4.46. The highest BCUT2D eigenvalue weighted by atomic mass is 35.5. The molecule has 3 heteroatoms. The van der Waals surface area contributed by atoms with Crippen molar-refractivity contribution < 1.29 is 4.74 Å². The van der Waals surface area contributed by atoms with E-state index in [9.17, 15) is 0 Å². The smallest absolute Gasteiger partial charge is 0.138 e. The molecular formula is C11H12ClNO. The summed E-state index contributed by atoms with van der Waals surface area (Å²) in [5, 5.41) is 9.39. The zero-order chi connectivity index (χ0) is 10.6. The summed E-state index contributed by atoms with van der Waals surface area (Å²) in [6, 6.07) is 7.08. The van der Waals surface area contributed by atoms with Gasteiger partial charge in [0, 0.05) is 11.1 Å². The van der Waals surface area contributed by atoms with Crippen molar-refractivity contribution in [2.45, 2.75) is 13.8 Å². The molecule has 1 aromatic rings. The van der Waals surface area contributed by atoms with Crippen LogP contribution in [0.15, 0.2) is 18.2 Å². The van der Waals surface area contributed by atoms with Gasteiger partial charge in [0.05, 0.1) is 12.2 Å². The molecule has 0 aliphatic carbocycles. The maximum atomic E-state index is 8.80. The molecule has 0 fully saturated rings. The topological polar surface area (TPSA) is 33.0 Å². The summed E-state index contributed by atoms with van der Waals surface area (Å²) >= 11 is 5.80. The van der Waals surface area contributed by atoms with E-state index in [1.807, 2.05) is 0 Å². The zero-order valence-electron chi connectivity index (χ0n) is 8.25. The first-order valence-corrected chi connectivity index (χ1v) is 4.83. The minimum absolute atomic E-state index is 0.431. The van der Waals surface area contributed by atoms with Gasteiger partial charge < -0.3 is 4.74 Å². The third-order valence-corrected chi connectivity index (χ3v) is 1.87. The Bertz CT molecular complexity index is 355. The molecular weight excluding hydrogens is 198 g/mol. The maximum Gasteiger partial charge on any atom is 0.138 e. The van der Waals surface area contributed by atoms with Crippen molar-refractivity contribution in [2.24, 2.45) is 5.92 Å². The highest BCUT2D eigenvalue weighted by Crippen LogP contribution is 2.23. The van der Waals surface area contributed by atoms with Gasteiger partial charge in [0.1, 0.15) is 11.8 Å². The second kappa shape index (κ2) is 4.88. The van der Waals surface area contributed by atoms with Crippen LogP contribution in [0.3, 0.4) is 0 Å². The minimum Gasteiger partial charge on any atom is -0.492 e. The third kappa shape index (κ3) is 2.93. The molecule has 0 aliphatic heterocycles. The Kier molecular flexibility index (Phi) is 3.79. The van der Waals surface area contributed by atoms with E-state index in [4.69, 9.17) is 21.6 Å². The normalized spacial score (nSPS) is 9.93. The minimum atomic E-state index is 0.431. The van der Waals surface area contributed by atoms with E-state index >= 15 is 0 Å². The van der Waals surface area contributed by atoms with E-state index in [0.29, 0.717) is 28.9 Å². The van der Waals surface area contributed by atoms with Crippen LogP contribution in [0.4, 0.5) is 0 Å². The molecule has 0 saturated heterocycles. The Morgan fingerprint density at radius 2 is 2.21 bits per heavy atom. The predicted molar refractivity (Wildman–Crippen MR) is 56.5 cm³/mol. The quantitative estimate of drug-likeness (QED) is 0.766. The fourth-order valence-electron chi connectivity index (χ4n) is 0.964. The van der Waals surface area contributed by atoms with Crippen LogP contribution in [0.2, 0.25) is 5.02 Å². The monoisotopic (exact) mass is 209 g/mol. The third-order valence-electron chi connectivity index (χ3n) is 1.64. The number of benzene rings is 1. The molecule has 2 nitrogen and oxygen atoms in total. The molecule has 0 atom stereocenters. The van der Waals surface area contributed by atoms with Crippen LogP contribution in [0, 0.1) is 17.2 Å². The van der Waals surface area contributed by atoms with Crippen LogP contribution >= 0.6 is 11.6 Å². The van der Waals surface area contributed by atoms with E-state index in [2.05, 4.69) is 19.9 Å². The van der Waals surface area contributed by atoms with E-state index in [1.54, 1.807) is 18.2 Å². The molecule has 0 spiro atoms. The molecule has 0 unspecified atom stereocenters. The second-order valence-electron chi connectivity index (χ2n) is 3.46. The number of hydrogen-bond acceptors (Lipinski definition) is 2. The summed E-state index contributed by atoms with van der Waals surface area (Å²) in [5.41, 5.74) is 0.523. The molecule has 0 N–H and O–H groups in total. The van der Waals surface area contributed by atoms with Gasteiger partial charge in [-0.05, 0) is 18.1 Å². The van der Waals surface area contributed by atoms with Crippen molar-refractivity contribution in [1.82, 2.24) is 0 Å². The molecule has 0 aromatic heterocycles. The lowest BCUT2D eigenvalue weighted by atomic mass is 10.2. The lowest BCUT2D eigenvalue weighted by molar-refractivity contribution is 0.270. The lowest BCUT2D eigenvalue weighted by Crippen LogP contribution is -2.05. The number of hydrogen-bond donors (Lipinski definition) is 0. The van der Waals surface area contributed by atoms with Gasteiger partial charge >= 0.3 is 0 Å². The highest BCUT2D eigenvalue weighted by Gasteiger charge is 2.04. The molecule has 0 bridgehead atoms. The summed E-state index contributed by atoms with van der Waals surface area (Å²) in [5.74, 6) is 0.995. The maximum absolute atomic E-state index is 8.80. The van der Waals surface area contributed by atoms with E-state index < -0.39 is 0 Å². The van der Waals surface area contributed by atoms with Gasteiger partial charge in [-0.3, -0.25) is 0 Å². The number of rotatable bonds is 3. The Labute approximate surface area is 89.1 Å². The summed E-state index contributed by atoms with van der Waals surface area (Å²) in [6.45, 7) is 4.70. The van der Waals surface area contributed by atoms with Gasteiger partial charge in [-0.15, -0.1) is 0 Å². The van der Waals surface area contributed by atoms with Crippen LogP contribution in [0.5, 0.6) is 5.75 Å². The number of halogens is 1. The fraction of sp³-hybridized carbons (Fsp3) is 0.364. The summed E-state index contributed by atoms with van der Waals surface area (Å²) < 4.78 is 5.46. The molecule has 74 valence electrons. The van der Waals surface area contributed by atoms with Crippen molar-refractivity contribution in [3.63, 3.8) is 0 Å². The van der Waals surface area contributed by atoms with Crippen molar-refractivity contribution in [2.75, 3.05) is 6.61 Å². The molecule has 0 amide bonds. The average molecular weight is 210 g/mol. The average Bonchev–Trinajstić information content (AvgIpc) is 2.15. The van der Waals surface area contributed by atoms with Crippen LogP contribution in [-0.2, 0) is 0 Å². The first-order chi connectivity index (χ1) is 6.63. The highest BCUT2D eigenvalue weighted by molar-refractivity contribution is 6.30. The zero-order valence-corrected chi connectivity index (χ0v) is 9.01. The summed E-state index contributed by atoms with van der Waals surface area (Å²) in [6.07, 6.45) is 0. The summed E-state index contributed by atoms with van der Waals surface area (Å²) in [4.78, 5) is 0. The van der Waals surface area contributed by atoms with E-state index in [-0.39, 0.29) is 0 Å². The Morgan fingerprint density at radius 3 is 2.79 bits per heavy atom. The summed E-state index contributed by atoms with van der Waals surface area (Å²) in [7, 11) is 0. The van der Waals surface area contributed by atoms with Crippen LogP contribution < -0.4 is 4.74 Å². The number of ether oxygens (including phenoxy) is 1. The second-order valence-corrected chi connectivity index (χ2v) is 3.89. The first kappa shape index (κ1) is 10.9. The molecule has 0 radical (unpaired) electrons. The van der Waals surface area contributed by atoms with Gasteiger partial charge in [-0.25, -0.2) is 0 Å². The van der Waals surface area contributed by atoms with Crippen LogP contribution in [0.1, 0.15) is 19.4 Å². The molecule has 0 heterocycles. The van der Waals surface area contributed by atoms with Crippen LogP contribution in [-0.4, -0.2) is 6.61 Å². The molecule has 0 saturated carbocycles. The van der Waals surface area contributed by atoms with Gasteiger partial charge in [0.2, 0.25) is 0 Å². The van der Waals surface area contributed by atoms with Gasteiger partial charge in [0.15, 0.2) is 0 Å². The van der Waals surface area contributed by atoms with Crippen molar-refractivity contribution in [3.8, 4) is 11.8 Å². The van der Waals surface area contributed by atoms with E-state index in [0.717, 1.165) is 0 Å². The standard InChI is InChI=1S/C11H12ClNO/c1-8(2)7-14-11-5-10(12)4-3-9(11)6-13/h3-5,8H,7H2,1-2H3. The molecule has 0 aliphatic rings. The van der Waals surface area contributed by atoms with Gasteiger partial charge in [-0.1, -0.05) is 25.4 Å². The van der Waals surface area contributed by atoms with Crippen LogP contribution in [0.25, 0.3) is 0 Å². The number of nitriles is 1. The number of nitrogens with zero attached hydrogens (tertiary/aromatic N) is 1. The Morgan fingerprint density at radius 1 is 1.50 bits per heavy atom. The largest absolute Gasteiger partial charge is 0.492 e. The molecule has 1 aromatic carbocycles. The van der Waals surface area contributed by atoms with Crippen molar-refractivity contribution >= 4 is 11.6 Å².